The van der Waals surface area contributed by atoms with Gasteiger partial charge in [0.1, 0.15) is 12.4 Å². The molecule has 1 nitrogen and oxygen atoms in total. The number of hydrogen-bond acceptors (Lipinski definition) is 1. The second kappa shape index (κ2) is 4.15. The zero-order valence-corrected chi connectivity index (χ0v) is 7.76. The molecule has 0 aromatic rings. The molecule has 0 aromatic carbocycles. The first kappa shape index (κ1) is 9.11. The van der Waals surface area contributed by atoms with Crippen molar-refractivity contribution in [3.8, 4) is 0 Å². The minimum atomic E-state index is 0.594. The van der Waals surface area contributed by atoms with Crippen LogP contribution in [0.4, 0.5) is 0 Å². The molecule has 0 saturated carbocycles. The molecule has 0 fully saturated rings. The Morgan fingerprint density at radius 2 is 2.33 bits per heavy atom. The van der Waals surface area contributed by atoms with Crippen molar-refractivity contribution in [2.45, 2.75) is 20.3 Å². The van der Waals surface area contributed by atoms with E-state index < -0.39 is 0 Å². The van der Waals surface area contributed by atoms with Gasteiger partial charge in [-0.2, -0.15) is 0 Å². The Morgan fingerprint density at radius 3 is 3.00 bits per heavy atom. The highest BCUT2D eigenvalue weighted by Gasteiger charge is 2.09. The largest absolute Gasteiger partial charge is 0.490 e. The molecular formula is C11H15O. The predicted octanol–water partition coefficient (Wildman–Crippen LogP) is 3.02. The summed E-state index contributed by atoms with van der Waals surface area (Å²) in [6, 6.07) is 0. The van der Waals surface area contributed by atoms with Gasteiger partial charge in [0.2, 0.25) is 0 Å². The molecule has 0 amide bonds. The average Bonchev–Trinajstić information content (AvgIpc) is 2.08. The molecule has 0 atom stereocenters. The first-order valence-electron chi connectivity index (χ1n) is 4.20. The third-order valence-corrected chi connectivity index (χ3v) is 2.05. The molecule has 1 rings (SSSR count). The van der Waals surface area contributed by atoms with Crippen LogP contribution in [-0.4, -0.2) is 6.61 Å². The quantitative estimate of drug-likeness (QED) is 0.581. The Labute approximate surface area is 74.4 Å². The molecule has 0 heterocycles. The number of ether oxygens (including phenoxy) is 1. The molecule has 0 N–H and O–H groups in total. The van der Waals surface area contributed by atoms with Crippen molar-refractivity contribution in [3.63, 3.8) is 0 Å². The predicted molar refractivity (Wildman–Crippen MR) is 51.5 cm³/mol. The smallest absolute Gasteiger partial charge is 0.118 e. The minimum absolute atomic E-state index is 0.594. The summed E-state index contributed by atoms with van der Waals surface area (Å²) in [5.74, 6) is 1.01. The van der Waals surface area contributed by atoms with Crippen LogP contribution in [0.3, 0.4) is 0 Å². The third kappa shape index (κ3) is 2.00. The summed E-state index contributed by atoms with van der Waals surface area (Å²) in [6.45, 7) is 8.40. The van der Waals surface area contributed by atoms with Crippen LogP contribution in [0.15, 0.2) is 35.6 Å². The zero-order valence-electron chi connectivity index (χ0n) is 7.76. The van der Waals surface area contributed by atoms with Crippen LogP contribution in [0.5, 0.6) is 0 Å². The minimum Gasteiger partial charge on any atom is -0.490 e. The Balaban J connectivity index is 2.64. The lowest BCUT2D eigenvalue weighted by molar-refractivity contribution is 0.254. The summed E-state index contributed by atoms with van der Waals surface area (Å²) in [6.07, 6.45) is 7.05. The zero-order chi connectivity index (χ0) is 8.97. The SMILES string of the molecule is C=CCOC1=CC[CH]C(C)=C1C. The monoisotopic (exact) mass is 163 g/mol. The van der Waals surface area contributed by atoms with Crippen LogP contribution in [0.2, 0.25) is 0 Å². The first-order valence-corrected chi connectivity index (χ1v) is 4.20. The van der Waals surface area contributed by atoms with Gasteiger partial charge in [0.25, 0.3) is 0 Å². The molecular weight excluding hydrogens is 148 g/mol. The van der Waals surface area contributed by atoms with Crippen LogP contribution in [0.1, 0.15) is 20.3 Å². The van der Waals surface area contributed by atoms with Crippen molar-refractivity contribution in [3.05, 3.63) is 42.1 Å². The Morgan fingerprint density at radius 1 is 1.58 bits per heavy atom. The van der Waals surface area contributed by atoms with Gasteiger partial charge in [-0.25, -0.2) is 0 Å². The lowest BCUT2D eigenvalue weighted by atomic mass is 9.99. The van der Waals surface area contributed by atoms with E-state index in [1.54, 1.807) is 6.08 Å². The lowest BCUT2D eigenvalue weighted by Crippen LogP contribution is -2.01. The van der Waals surface area contributed by atoms with E-state index in [1.165, 1.54) is 11.1 Å². The van der Waals surface area contributed by atoms with E-state index in [1.807, 2.05) is 0 Å². The summed E-state index contributed by atoms with van der Waals surface area (Å²) < 4.78 is 5.48. The fraction of sp³-hybridized carbons (Fsp3) is 0.364. The van der Waals surface area contributed by atoms with Gasteiger partial charge in [0.05, 0.1) is 0 Å². The van der Waals surface area contributed by atoms with Gasteiger partial charge in [0.15, 0.2) is 0 Å². The van der Waals surface area contributed by atoms with Gasteiger partial charge in [-0.15, -0.1) is 0 Å². The second-order valence-electron chi connectivity index (χ2n) is 2.92. The first-order chi connectivity index (χ1) is 5.75. The highest BCUT2D eigenvalue weighted by molar-refractivity contribution is 5.37. The number of allylic oxidation sites excluding steroid dienone is 3. The molecule has 1 aliphatic rings. The molecule has 1 aliphatic carbocycles. The van der Waals surface area contributed by atoms with E-state index in [-0.39, 0.29) is 0 Å². The maximum Gasteiger partial charge on any atom is 0.118 e. The molecule has 65 valence electrons. The second-order valence-corrected chi connectivity index (χ2v) is 2.92. The van der Waals surface area contributed by atoms with E-state index in [2.05, 4.69) is 32.9 Å². The van der Waals surface area contributed by atoms with Crippen molar-refractivity contribution < 1.29 is 4.74 Å². The van der Waals surface area contributed by atoms with E-state index in [9.17, 15) is 0 Å². The van der Waals surface area contributed by atoms with Crippen LogP contribution in [0.25, 0.3) is 0 Å². The number of hydrogen-bond donors (Lipinski definition) is 0. The molecule has 1 radical (unpaired) electrons. The highest BCUT2D eigenvalue weighted by atomic mass is 16.5. The highest BCUT2D eigenvalue weighted by Crippen LogP contribution is 2.24. The van der Waals surface area contributed by atoms with E-state index in [0.29, 0.717) is 6.61 Å². The maximum absolute atomic E-state index is 5.48. The lowest BCUT2D eigenvalue weighted by Gasteiger charge is -2.16. The molecule has 0 unspecified atom stereocenters. The van der Waals surface area contributed by atoms with Crippen molar-refractivity contribution in [1.82, 2.24) is 0 Å². The third-order valence-electron chi connectivity index (χ3n) is 2.05. The van der Waals surface area contributed by atoms with Gasteiger partial charge in [-0.3, -0.25) is 0 Å². The van der Waals surface area contributed by atoms with Crippen LogP contribution >= 0.6 is 0 Å². The molecule has 0 saturated heterocycles. The van der Waals surface area contributed by atoms with Crippen molar-refractivity contribution in [1.29, 1.82) is 0 Å². The van der Waals surface area contributed by atoms with Crippen molar-refractivity contribution in [2.75, 3.05) is 6.61 Å². The Kier molecular flexibility index (Phi) is 3.15. The maximum atomic E-state index is 5.48. The molecule has 0 spiro atoms. The fourth-order valence-corrected chi connectivity index (χ4v) is 1.16. The van der Waals surface area contributed by atoms with Gasteiger partial charge >= 0.3 is 0 Å². The van der Waals surface area contributed by atoms with E-state index in [4.69, 9.17) is 4.74 Å². The number of rotatable bonds is 3. The van der Waals surface area contributed by atoms with Crippen LogP contribution in [-0.2, 0) is 4.74 Å². The summed E-state index contributed by atoms with van der Waals surface area (Å²) in [5.41, 5.74) is 2.56. The van der Waals surface area contributed by atoms with Gasteiger partial charge < -0.3 is 4.74 Å². The van der Waals surface area contributed by atoms with Crippen LogP contribution in [0, 0.1) is 6.42 Å². The fourth-order valence-electron chi connectivity index (χ4n) is 1.16. The molecule has 0 aliphatic heterocycles. The van der Waals surface area contributed by atoms with Gasteiger partial charge in [-0.1, -0.05) is 18.2 Å². The van der Waals surface area contributed by atoms with Crippen molar-refractivity contribution in [2.24, 2.45) is 0 Å². The molecule has 0 aromatic heterocycles. The topological polar surface area (TPSA) is 9.23 Å². The molecule has 0 bridgehead atoms. The standard InChI is InChI=1S/C11H15O/c1-4-8-12-11-7-5-6-9(2)10(11)3/h4,6-7H,1,5,8H2,2-3H3. The molecule has 1 heteroatoms. The van der Waals surface area contributed by atoms with E-state index >= 15 is 0 Å². The van der Waals surface area contributed by atoms with Gasteiger partial charge in [0, 0.05) is 0 Å². The Bertz CT molecular complexity index is 233. The summed E-state index contributed by atoms with van der Waals surface area (Å²) in [4.78, 5) is 0. The summed E-state index contributed by atoms with van der Waals surface area (Å²) >= 11 is 0. The normalized spacial score (nSPS) is 17.3. The van der Waals surface area contributed by atoms with Gasteiger partial charge in [-0.05, 0) is 38.3 Å². The Hall–Kier alpha value is -0.980. The molecule has 12 heavy (non-hydrogen) atoms. The van der Waals surface area contributed by atoms with Crippen molar-refractivity contribution >= 4 is 0 Å². The average molecular weight is 163 g/mol. The van der Waals surface area contributed by atoms with E-state index in [0.717, 1.165) is 12.2 Å². The summed E-state index contributed by atoms with van der Waals surface area (Å²) in [7, 11) is 0. The van der Waals surface area contributed by atoms with Crippen LogP contribution < -0.4 is 0 Å². The summed E-state index contributed by atoms with van der Waals surface area (Å²) in [5, 5.41) is 0.